The van der Waals surface area contributed by atoms with E-state index in [1.807, 2.05) is 25.1 Å². The van der Waals surface area contributed by atoms with Crippen LogP contribution in [0.4, 0.5) is 13.2 Å². The molecule has 1 aromatic carbocycles. The molecule has 0 spiro atoms. The zero-order valence-corrected chi connectivity index (χ0v) is 18.3. The van der Waals surface area contributed by atoms with Crippen LogP contribution in [0, 0.1) is 6.92 Å². The third kappa shape index (κ3) is 4.53. The van der Waals surface area contributed by atoms with Crippen LogP contribution in [0.2, 0.25) is 0 Å². The molecule has 0 atom stereocenters. The van der Waals surface area contributed by atoms with Gasteiger partial charge < -0.3 is 14.0 Å². The minimum Gasteiger partial charge on any atom is -0.493 e. The van der Waals surface area contributed by atoms with Crippen LogP contribution in [0.3, 0.4) is 0 Å². The number of likely N-dealkylation sites (tertiary alicyclic amines) is 1. The number of halogens is 3. The van der Waals surface area contributed by atoms with E-state index < -0.39 is 11.7 Å². The summed E-state index contributed by atoms with van der Waals surface area (Å²) in [5.74, 6) is 1.35. The van der Waals surface area contributed by atoms with Gasteiger partial charge in [-0.3, -0.25) is 4.90 Å². The maximum Gasteiger partial charge on any atom is 0.417 e. The molecule has 4 rings (SSSR count). The van der Waals surface area contributed by atoms with Crippen molar-refractivity contribution < 1.29 is 27.2 Å². The maximum atomic E-state index is 13.6. The summed E-state index contributed by atoms with van der Waals surface area (Å²) in [6, 6.07) is 7.05. The number of methoxy groups -OCH3 is 1. The van der Waals surface area contributed by atoms with E-state index in [1.165, 1.54) is 13.0 Å². The van der Waals surface area contributed by atoms with Gasteiger partial charge in [-0.2, -0.15) is 13.2 Å². The Labute approximate surface area is 184 Å². The third-order valence-corrected chi connectivity index (χ3v) is 5.88. The van der Waals surface area contributed by atoms with E-state index in [0.717, 1.165) is 38.0 Å². The van der Waals surface area contributed by atoms with Crippen molar-refractivity contribution in [3.8, 4) is 11.5 Å². The van der Waals surface area contributed by atoms with Crippen molar-refractivity contribution in [2.45, 2.75) is 45.3 Å². The highest BCUT2D eigenvalue weighted by Crippen LogP contribution is 2.39. The first kappa shape index (κ1) is 22.4. The first-order chi connectivity index (χ1) is 15.3. The van der Waals surface area contributed by atoms with Crippen LogP contribution in [0.5, 0.6) is 11.5 Å². The molecule has 1 aliphatic heterocycles. The molecular formula is C23H26F3N3O3. The quantitative estimate of drug-likeness (QED) is 0.507. The van der Waals surface area contributed by atoms with Gasteiger partial charge in [0.25, 0.3) is 5.71 Å². The number of ether oxygens (including phenoxy) is 2. The van der Waals surface area contributed by atoms with E-state index in [-0.39, 0.29) is 22.7 Å². The third-order valence-electron chi connectivity index (χ3n) is 5.88. The predicted molar refractivity (Wildman–Crippen MR) is 113 cm³/mol. The molecule has 6 nitrogen and oxygen atoms in total. The van der Waals surface area contributed by atoms with E-state index in [2.05, 4.69) is 15.0 Å². The van der Waals surface area contributed by atoms with Crippen molar-refractivity contribution in [3.05, 3.63) is 46.8 Å². The number of pyridine rings is 1. The Hall–Kier alpha value is -2.81. The van der Waals surface area contributed by atoms with Crippen LogP contribution in [-0.4, -0.2) is 41.8 Å². The fraction of sp³-hybridized carbons (Fsp3) is 0.478. The van der Waals surface area contributed by atoms with Gasteiger partial charge >= 0.3 is 6.18 Å². The second-order valence-electron chi connectivity index (χ2n) is 8.01. The number of aryl methyl sites for hydroxylation is 1. The topological polar surface area (TPSA) is 60.6 Å². The molecule has 3 heterocycles. The smallest absolute Gasteiger partial charge is 0.417 e. The summed E-state index contributed by atoms with van der Waals surface area (Å²) in [5.41, 5.74) is 0.950. The van der Waals surface area contributed by atoms with Gasteiger partial charge in [0.05, 0.1) is 30.4 Å². The second kappa shape index (κ2) is 8.97. The molecule has 32 heavy (non-hydrogen) atoms. The number of nitrogens with zero attached hydrogens (tertiary/aromatic N) is 3. The maximum absolute atomic E-state index is 13.6. The van der Waals surface area contributed by atoms with Gasteiger partial charge in [-0.05, 0) is 63.5 Å². The van der Waals surface area contributed by atoms with Gasteiger partial charge in [-0.15, -0.1) is 0 Å². The summed E-state index contributed by atoms with van der Waals surface area (Å²) >= 11 is 0. The lowest BCUT2D eigenvalue weighted by atomic mass is 9.91. The average Bonchev–Trinajstić information content (AvgIpc) is 3.15. The minimum absolute atomic E-state index is 0.0452. The van der Waals surface area contributed by atoms with Gasteiger partial charge in [0.15, 0.2) is 11.5 Å². The van der Waals surface area contributed by atoms with E-state index >= 15 is 0 Å². The lowest BCUT2D eigenvalue weighted by Crippen LogP contribution is -2.32. The largest absolute Gasteiger partial charge is 0.493 e. The highest BCUT2D eigenvalue weighted by atomic mass is 19.4. The van der Waals surface area contributed by atoms with E-state index in [1.54, 1.807) is 7.11 Å². The molecular weight excluding hydrogens is 423 g/mol. The van der Waals surface area contributed by atoms with E-state index in [9.17, 15) is 13.2 Å². The summed E-state index contributed by atoms with van der Waals surface area (Å²) < 4.78 is 57.0. The molecule has 172 valence electrons. The highest BCUT2D eigenvalue weighted by molar-refractivity contribution is 5.80. The summed E-state index contributed by atoms with van der Waals surface area (Å²) in [5, 5.41) is 3.63. The van der Waals surface area contributed by atoms with Gasteiger partial charge in [0.1, 0.15) is 0 Å². The molecule has 9 heteroatoms. The second-order valence-corrected chi connectivity index (χ2v) is 8.01. The Kier molecular flexibility index (Phi) is 6.28. The number of fused-ring (bicyclic) bond motifs is 1. The number of rotatable bonds is 6. The van der Waals surface area contributed by atoms with Gasteiger partial charge in [0.2, 0.25) is 0 Å². The lowest BCUT2D eigenvalue weighted by molar-refractivity contribution is -0.136. The number of hydrogen-bond acceptors (Lipinski definition) is 6. The molecule has 0 radical (unpaired) electrons. The van der Waals surface area contributed by atoms with Crippen LogP contribution < -0.4 is 9.47 Å². The van der Waals surface area contributed by atoms with Crippen molar-refractivity contribution in [2.75, 3.05) is 26.8 Å². The molecule has 0 aliphatic carbocycles. The van der Waals surface area contributed by atoms with Crippen LogP contribution in [0.15, 0.2) is 28.8 Å². The van der Waals surface area contributed by atoms with Crippen molar-refractivity contribution in [1.82, 2.24) is 15.0 Å². The molecule has 0 bridgehead atoms. The molecule has 1 fully saturated rings. The number of alkyl halides is 3. The number of benzene rings is 1. The Morgan fingerprint density at radius 2 is 1.91 bits per heavy atom. The van der Waals surface area contributed by atoms with E-state index in [0.29, 0.717) is 23.8 Å². The molecule has 1 aliphatic rings. The fourth-order valence-electron chi connectivity index (χ4n) is 4.28. The number of hydrogen-bond donors (Lipinski definition) is 0. The minimum atomic E-state index is -4.49. The average molecular weight is 449 g/mol. The molecule has 0 amide bonds. The van der Waals surface area contributed by atoms with Gasteiger partial charge in [-0.25, -0.2) is 4.98 Å². The molecule has 0 unspecified atom stereocenters. The Morgan fingerprint density at radius 1 is 1.16 bits per heavy atom. The molecule has 0 N–H and O–H groups in total. The van der Waals surface area contributed by atoms with Crippen molar-refractivity contribution in [2.24, 2.45) is 0 Å². The number of piperidine rings is 1. The van der Waals surface area contributed by atoms with Gasteiger partial charge in [-0.1, -0.05) is 11.2 Å². The van der Waals surface area contributed by atoms with Crippen LogP contribution in [0.25, 0.3) is 11.1 Å². The monoisotopic (exact) mass is 449 g/mol. The molecule has 3 aromatic rings. The lowest BCUT2D eigenvalue weighted by Gasteiger charge is -2.32. The Balaban J connectivity index is 1.47. The SMILES string of the molecule is CCOc1ccc(CN2CCC(c3cc(C(F)(F)F)c4c(C)noc4n3)CC2)cc1OC. The van der Waals surface area contributed by atoms with Crippen LogP contribution in [0.1, 0.15) is 48.2 Å². The summed E-state index contributed by atoms with van der Waals surface area (Å²) in [6.07, 6.45) is -3.05. The summed E-state index contributed by atoms with van der Waals surface area (Å²) in [4.78, 5) is 6.66. The van der Waals surface area contributed by atoms with Crippen LogP contribution in [-0.2, 0) is 12.7 Å². The first-order valence-corrected chi connectivity index (χ1v) is 10.7. The normalized spacial score (nSPS) is 15.9. The summed E-state index contributed by atoms with van der Waals surface area (Å²) in [7, 11) is 1.61. The number of aromatic nitrogens is 2. The highest BCUT2D eigenvalue weighted by Gasteiger charge is 2.36. The van der Waals surface area contributed by atoms with E-state index in [4.69, 9.17) is 14.0 Å². The molecule has 0 saturated carbocycles. The predicted octanol–water partition coefficient (Wildman–Crippen LogP) is 5.34. The van der Waals surface area contributed by atoms with Gasteiger partial charge in [0, 0.05) is 18.2 Å². The van der Waals surface area contributed by atoms with Crippen molar-refractivity contribution in [1.29, 1.82) is 0 Å². The fourth-order valence-corrected chi connectivity index (χ4v) is 4.28. The first-order valence-electron chi connectivity index (χ1n) is 10.7. The zero-order chi connectivity index (χ0) is 22.9. The standard InChI is InChI=1S/C23H26F3N3O3/c1-4-31-19-6-5-15(11-20(19)30-3)13-29-9-7-16(8-10-29)18-12-17(23(24,25)26)21-14(2)28-32-22(21)27-18/h5-6,11-12,16H,4,7-10,13H2,1-3H3. The Morgan fingerprint density at radius 3 is 2.56 bits per heavy atom. The van der Waals surface area contributed by atoms with Crippen molar-refractivity contribution in [3.63, 3.8) is 0 Å². The summed E-state index contributed by atoms with van der Waals surface area (Å²) in [6.45, 7) is 6.24. The molecule has 2 aromatic heterocycles. The Bertz CT molecular complexity index is 1090. The molecule has 1 saturated heterocycles. The van der Waals surface area contributed by atoms with Crippen molar-refractivity contribution >= 4 is 11.1 Å². The zero-order valence-electron chi connectivity index (χ0n) is 18.3. The van der Waals surface area contributed by atoms with Crippen LogP contribution >= 0.6 is 0 Å².